The van der Waals surface area contributed by atoms with Crippen molar-refractivity contribution in [3.63, 3.8) is 0 Å². The van der Waals surface area contributed by atoms with Crippen LogP contribution in [0.25, 0.3) is 10.2 Å². The number of sulfonamides is 1. The Morgan fingerprint density at radius 1 is 1.15 bits per heavy atom. The number of fused-ring (bicyclic) bond motifs is 1. The van der Waals surface area contributed by atoms with Crippen LogP contribution in [0.2, 0.25) is 0 Å². The molecule has 1 aliphatic rings. The maximum Gasteiger partial charge on any atom is 0.279 e. The Labute approximate surface area is 202 Å². The van der Waals surface area contributed by atoms with Crippen molar-refractivity contribution in [1.82, 2.24) is 8.87 Å². The van der Waals surface area contributed by atoms with Crippen molar-refractivity contribution in [2.24, 2.45) is 16.8 Å². The third kappa shape index (κ3) is 5.14. The summed E-state index contributed by atoms with van der Waals surface area (Å²) < 4.78 is 49.1. The van der Waals surface area contributed by atoms with Crippen LogP contribution in [0.4, 0.5) is 4.39 Å². The molecule has 10 heteroatoms. The van der Waals surface area contributed by atoms with E-state index in [0.717, 1.165) is 11.9 Å². The van der Waals surface area contributed by atoms with Gasteiger partial charge in [-0.25, -0.2) is 12.8 Å². The molecule has 4 rings (SSSR count). The molecule has 1 amide bonds. The second-order valence-electron chi connectivity index (χ2n) is 8.85. The van der Waals surface area contributed by atoms with Crippen LogP contribution in [0.15, 0.2) is 52.4 Å². The average Bonchev–Trinajstić information content (AvgIpc) is 3.12. The second-order valence-corrected chi connectivity index (χ2v) is 11.8. The minimum absolute atomic E-state index is 0.165. The van der Waals surface area contributed by atoms with Crippen LogP contribution in [0.1, 0.15) is 30.6 Å². The normalized spacial score (nSPS) is 20.2. The highest BCUT2D eigenvalue weighted by atomic mass is 32.2. The number of ether oxygens (including phenoxy) is 1. The van der Waals surface area contributed by atoms with Crippen molar-refractivity contribution in [3.05, 3.63) is 58.6 Å². The number of hydrogen-bond acceptors (Lipinski definition) is 5. The number of methoxy groups -OCH3 is 1. The van der Waals surface area contributed by atoms with Gasteiger partial charge in [-0.15, -0.1) is 0 Å². The quantitative estimate of drug-likeness (QED) is 0.509. The molecule has 1 aromatic heterocycles. The number of benzene rings is 2. The van der Waals surface area contributed by atoms with Gasteiger partial charge in [0, 0.05) is 32.3 Å². The molecule has 0 unspecified atom stereocenters. The number of carbonyl (C=O) groups excluding carboxylic acids is 1. The molecule has 34 heavy (non-hydrogen) atoms. The van der Waals surface area contributed by atoms with Crippen LogP contribution in [-0.2, 0) is 21.3 Å². The maximum atomic E-state index is 13.7. The van der Waals surface area contributed by atoms with E-state index >= 15 is 0 Å². The lowest BCUT2D eigenvalue weighted by molar-refractivity contribution is 0.0997. The number of aromatic nitrogens is 1. The van der Waals surface area contributed by atoms with Crippen LogP contribution in [-0.4, -0.2) is 50.0 Å². The summed E-state index contributed by atoms with van der Waals surface area (Å²) in [5, 5.41) is 0. The lowest BCUT2D eigenvalue weighted by atomic mass is 9.94. The first-order valence-corrected chi connectivity index (χ1v) is 13.4. The van der Waals surface area contributed by atoms with E-state index in [1.54, 1.807) is 13.2 Å². The van der Waals surface area contributed by atoms with Crippen molar-refractivity contribution in [2.45, 2.75) is 31.7 Å². The van der Waals surface area contributed by atoms with Gasteiger partial charge in [-0.1, -0.05) is 25.2 Å². The fraction of sp³-hybridized carbons (Fsp3) is 0.417. The molecule has 0 saturated carbocycles. The van der Waals surface area contributed by atoms with Crippen LogP contribution >= 0.6 is 11.3 Å². The molecule has 2 atom stereocenters. The first-order valence-electron chi connectivity index (χ1n) is 11.2. The highest BCUT2D eigenvalue weighted by Gasteiger charge is 2.31. The zero-order chi connectivity index (χ0) is 24.5. The van der Waals surface area contributed by atoms with Gasteiger partial charge in [-0.3, -0.25) is 4.79 Å². The molecule has 1 saturated heterocycles. The molecule has 0 radical (unpaired) electrons. The van der Waals surface area contributed by atoms with Gasteiger partial charge in [-0.2, -0.15) is 9.30 Å². The Morgan fingerprint density at radius 3 is 2.47 bits per heavy atom. The van der Waals surface area contributed by atoms with Gasteiger partial charge in [0.2, 0.25) is 10.0 Å². The summed E-state index contributed by atoms with van der Waals surface area (Å²) in [6.07, 6.45) is 1.01. The number of piperidine rings is 1. The fourth-order valence-electron chi connectivity index (χ4n) is 4.40. The minimum atomic E-state index is -3.63. The molecule has 7 nitrogen and oxygen atoms in total. The number of nitrogens with zero attached hydrogens (tertiary/aromatic N) is 3. The van der Waals surface area contributed by atoms with Gasteiger partial charge >= 0.3 is 0 Å². The molecule has 0 bridgehead atoms. The summed E-state index contributed by atoms with van der Waals surface area (Å²) in [5.41, 5.74) is 1.04. The Bertz CT molecular complexity index is 1350. The Morgan fingerprint density at radius 2 is 1.82 bits per heavy atom. The van der Waals surface area contributed by atoms with E-state index in [1.807, 2.05) is 4.57 Å². The molecule has 3 aromatic rings. The highest BCUT2D eigenvalue weighted by molar-refractivity contribution is 7.89. The summed E-state index contributed by atoms with van der Waals surface area (Å²) in [5.74, 6) is -0.252. The van der Waals surface area contributed by atoms with Crippen LogP contribution in [0.5, 0.6) is 0 Å². The van der Waals surface area contributed by atoms with E-state index in [4.69, 9.17) is 4.74 Å². The second kappa shape index (κ2) is 10.1. The number of amides is 1. The molecule has 0 spiro atoms. The minimum Gasteiger partial charge on any atom is -0.383 e. The number of rotatable bonds is 6. The first-order chi connectivity index (χ1) is 16.2. The van der Waals surface area contributed by atoms with E-state index in [9.17, 15) is 17.6 Å². The van der Waals surface area contributed by atoms with E-state index in [1.165, 1.54) is 52.0 Å². The smallest absolute Gasteiger partial charge is 0.279 e. The van der Waals surface area contributed by atoms with Gasteiger partial charge in [0.15, 0.2) is 4.80 Å². The van der Waals surface area contributed by atoms with Crippen molar-refractivity contribution >= 4 is 37.5 Å². The van der Waals surface area contributed by atoms with Crippen LogP contribution < -0.4 is 4.80 Å². The Hall–Kier alpha value is -2.40. The summed E-state index contributed by atoms with van der Waals surface area (Å²) in [6.45, 7) is 5.97. The lowest BCUT2D eigenvalue weighted by Crippen LogP contribution is -2.42. The van der Waals surface area contributed by atoms with Crippen LogP contribution in [0.3, 0.4) is 0 Å². The number of hydrogen-bond donors (Lipinski definition) is 0. The SMILES string of the molecule is COCCn1c(=NC(=O)c2ccc(S(=O)(=O)N3C[C@@H](C)C[C@H](C)C3)cc2)sc2cc(F)ccc21. The molecule has 1 fully saturated rings. The van der Waals surface area contributed by atoms with Crippen molar-refractivity contribution in [2.75, 3.05) is 26.8 Å². The van der Waals surface area contributed by atoms with E-state index in [2.05, 4.69) is 18.8 Å². The van der Waals surface area contributed by atoms with Gasteiger partial charge in [0.05, 0.1) is 21.7 Å². The fourth-order valence-corrected chi connectivity index (χ4v) is 7.16. The maximum absolute atomic E-state index is 13.7. The molecule has 0 N–H and O–H groups in total. The topological polar surface area (TPSA) is 81.0 Å². The molecule has 182 valence electrons. The van der Waals surface area contributed by atoms with Crippen molar-refractivity contribution in [3.8, 4) is 0 Å². The summed E-state index contributed by atoms with van der Waals surface area (Å²) >= 11 is 1.22. The van der Waals surface area contributed by atoms with Crippen molar-refractivity contribution in [1.29, 1.82) is 0 Å². The molecule has 2 heterocycles. The van der Waals surface area contributed by atoms with Crippen LogP contribution in [0, 0.1) is 17.7 Å². The summed E-state index contributed by atoms with van der Waals surface area (Å²) in [6, 6.07) is 10.3. The Balaban J connectivity index is 1.63. The summed E-state index contributed by atoms with van der Waals surface area (Å²) in [4.78, 5) is 17.7. The zero-order valence-corrected chi connectivity index (χ0v) is 21.0. The molecular weight excluding hydrogens is 477 g/mol. The van der Waals surface area contributed by atoms with E-state index in [-0.39, 0.29) is 16.3 Å². The van der Waals surface area contributed by atoms with Gasteiger partial charge in [-0.05, 0) is 60.7 Å². The average molecular weight is 506 g/mol. The van der Waals surface area contributed by atoms with Gasteiger partial charge in [0.1, 0.15) is 5.82 Å². The molecule has 2 aromatic carbocycles. The Kier molecular flexibility index (Phi) is 7.32. The highest BCUT2D eigenvalue weighted by Crippen LogP contribution is 2.27. The third-order valence-electron chi connectivity index (χ3n) is 5.94. The number of halogens is 1. The number of carbonyl (C=O) groups is 1. The zero-order valence-electron chi connectivity index (χ0n) is 19.4. The van der Waals surface area contributed by atoms with E-state index < -0.39 is 15.9 Å². The molecular formula is C24H28FN3O4S2. The largest absolute Gasteiger partial charge is 0.383 e. The first kappa shape index (κ1) is 24.7. The predicted octanol–water partition coefficient (Wildman–Crippen LogP) is 3.90. The molecule has 1 aliphatic heterocycles. The lowest BCUT2D eigenvalue weighted by Gasteiger charge is -2.34. The summed E-state index contributed by atoms with van der Waals surface area (Å²) in [7, 11) is -2.05. The van der Waals surface area contributed by atoms with E-state index in [0.29, 0.717) is 47.6 Å². The van der Waals surface area contributed by atoms with Gasteiger partial charge in [0.25, 0.3) is 5.91 Å². The monoisotopic (exact) mass is 505 g/mol. The number of thiazole rings is 1. The van der Waals surface area contributed by atoms with Gasteiger partial charge < -0.3 is 9.30 Å². The molecule has 0 aliphatic carbocycles. The van der Waals surface area contributed by atoms with Crippen molar-refractivity contribution < 1.29 is 22.3 Å². The third-order valence-corrected chi connectivity index (χ3v) is 8.82. The standard InChI is InChI=1S/C24H28FN3O4S2/c1-16-12-17(2)15-27(14-16)34(30,31)20-7-4-18(5-8-20)23(29)26-24-28(10-11-32-3)21-9-6-19(25)13-22(21)33-24/h4-9,13,16-17H,10-12,14-15H2,1-3H3/t16-,17-/m0/s1. The predicted molar refractivity (Wildman–Crippen MR) is 130 cm³/mol.